The van der Waals surface area contributed by atoms with Crippen LogP contribution in [0.1, 0.15) is 25.1 Å². The normalized spacial score (nSPS) is 15.0. The number of aromatic hydroxyl groups is 1. The highest BCUT2D eigenvalue weighted by molar-refractivity contribution is 9.10. The molecule has 0 spiro atoms. The van der Waals surface area contributed by atoms with Crippen LogP contribution in [0.25, 0.3) is 16.7 Å². The quantitative estimate of drug-likeness (QED) is 0.608. The summed E-state index contributed by atoms with van der Waals surface area (Å²) in [5.41, 5.74) is -0.383. The molecule has 1 aliphatic rings. The second kappa shape index (κ2) is 5.32. The lowest BCUT2D eigenvalue weighted by Crippen LogP contribution is -2.24. The highest BCUT2D eigenvalue weighted by Crippen LogP contribution is 2.43. The van der Waals surface area contributed by atoms with Gasteiger partial charge in [-0.2, -0.15) is 0 Å². The molecule has 0 saturated heterocycles. The van der Waals surface area contributed by atoms with Gasteiger partial charge in [0.2, 0.25) is 0 Å². The summed E-state index contributed by atoms with van der Waals surface area (Å²) in [4.78, 5) is 25.1. The predicted octanol–water partition coefficient (Wildman–Crippen LogP) is 2.45. The van der Waals surface area contributed by atoms with E-state index in [-0.39, 0.29) is 20.3 Å². The molecular weight excluding hydrogens is 438 g/mol. The molecule has 0 saturated carbocycles. The lowest BCUT2D eigenvalue weighted by Gasteiger charge is -2.20. The van der Waals surface area contributed by atoms with E-state index in [1.54, 1.807) is 12.1 Å². The molecule has 140 valence electrons. The molecule has 7 nitrogen and oxygen atoms in total. The van der Waals surface area contributed by atoms with Crippen molar-refractivity contribution in [3.8, 4) is 11.4 Å². The van der Waals surface area contributed by atoms with Gasteiger partial charge in [-0.15, -0.1) is 0 Å². The number of halogens is 1. The summed E-state index contributed by atoms with van der Waals surface area (Å²) in [6, 6.07) is 6.09. The molecule has 4 rings (SSSR count). The van der Waals surface area contributed by atoms with Gasteiger partial charge in [-0.3, -0.25) is 9.36 Å². The van der Waals surface area contributed by atoms with E-state index >= 15 is 0 Å². The van der Waals surface area contributed by atoms with E-state index in [0.29, 0.717) is 16.9 Å². The van der Waals surface area contributed by atoms with Crippen LogP contribution in [0.2, 0.25) is 0 Å². The lowest BCUT2D eigenvalue weighted by atomic mass is 9.83. The Kier molecular flexibility index (Phi) is 3.55. The second-order valence-electron chi connectivity index (χ2n) is 7.04. The minimum atomic E-state index is -3.42. The van der Waals surface area contributed by atoms with Crippen LogP contribution in [0, 0.1) is 0 Å². The fourth-order valence-corrected chi connectivity index (χ4v) is 4.44. The van der Waals surface area contributed by atoms with Gasteiger partial charge in [0.25, 0.3) is 5.56 Å². The Morgan fingerprint density at radius 1 is 1.19 bits per heavy atom. The number of aromatic nitrogens is 1. The summed E-state index contributed by atoms with van der Waals surface area (Å²) < 4.78 is 30.2. The zero-order valence-electron chi connectivity index (χ0n) is 14.5. The van der Waals surface area contributed by atoms with Crippen LogP contribution < -0.4 is 11.2 Å². The third-order valence-corrected chi connectivity index (χ3v) is 6.76. The lowest BCUT2D eigenvalue weighted by molar-refractivity contribution is 0.461. The van der Waals surface area contributed by atoms with Crippen molar-refractivity contribution in [2.24, 2.45) is 0 Å². The number of fused-ring (bicyclic) bond motifs is 4. The number of benzene rings is 1. The average Bonchev–Trinajstić information content (AvgIpc) is 2.79. The van der Waals surface area contributed by atoms with Gasteiger partial charge < -0.3 is 9.52 Å². The predicted molar refractivity (Wildman–Crippen MR) is 103 cm³/mol. The van der Waals surface area contributed by atoms with Crippen molar-refractivity contribution in [2.45, 2.75) is 24.2 Å². The Bertz CT molecular complexity index is 1380. The van der Waals surface area contributed by atoms with Crippen LogP contribution in [0.3, 0.4) is 0 Å². The van der Waals surface area contributed by atoms with Crippen LogP contribution in [0.4, 0.5) is 0 Å². The number of nitrogens with zero attached hydrogens (tertiary/aromatic N) is 1. The molecule has 0 radical (unpaired) electrons. The second-order valence-corrected chi connectivity index (χ2v) is 9.85. The molecule has 1 aromatic carbocycles. The first-order valence-corrected chi connectivity index (χ1v) is 10.6. The van der Waals surface area contributed by atoms with Crippen LogP contribution in [-0.2, 0) is 15.3 Å². The van der Waals surface area contributed by atoms with Crippen molar-refractivity contribution in [3.63, 3.8) is 0 Å². The summed E-state index contributed by atoms with van der Waals surface area (Å²) >= 11 is 2.93. The Hall–Kier alpha value is -2.39. The van der Waals surface area contributed by atoms with E-state index in [1.165, 1.54) is 16.7 Å². The molecule has 0 bridgehead atoms. The van der Waals surface area contributed by atoms with Crippen LogP contribution in [0.15, 0.2) is 47.6 Å². The fraction of sp³-hybridized carbons (Fsp3) is 0.222. The molecule has 0 atom stereocenters. The Morgan fingerprint density at radius 3 is 2.48 bits per heavy atom. The smallest absolute Gasteiger partial charge is 0.354 e. The van der Waals surface area contributed by atoms with Gasteiger partial charge in [-0.1, -0.05) is 13.8 Å². The first-order valence-electron chi connectivity index (χ1n) is 7.91. The molecule has 1 aliphatic heterocycles. The number of rotatable bonds is 1. The Balaban J connectivity index is 2.18. The summed E-state index contributed by atoms with van der Waals surface area (Å²) in [5, 5.41) is 10.2. The minimum absolute atomic E-state index is 0.0267. The maximum absolute atomic E-state index is 13.1. The van der Waals surface area contributed by atoms with Gasteiger partial charge in [0.1, 0.15) is 15.4 Å². The first-order chi connectivity index (χ1) is 12.4. The molecule has 0 aliphatic carbocycles. The molecule has 1 N–H and O–H groups in total. The average molecular weight is 452 g/mol. The highest BCUT2D eigenvalue weighted by atomic mass is 79.9. The molecule has 3 aromatic rings. The summed E-state index contributed by atoms with van der Waals surface area (Å²) in [6.07, 6.45) is 1.12. The maximum Gasteiger partial charge on any atom is 0.354 e. The molecule has 3 heterocycles. The fourth-order valence-electron chi connectivity index (χ4n) is 3.52. The van der Waals surface area contributed by atoms with Crippen molar-refractivity contribution >= 4 is 36.7 Å². The number of hydrogen-bond donors (Lipinski definition) is 1. The molecule has 0 amide bonds. The van der Waals surface area contributed by atoms with E-state index in [4.69, 9.17) is 4.42 Å². The first kappa shape index (κ1) is 18.0. The molecule has 9 heteroatoms. The van der Waals surface area contributed by atoms with Crippen molar-refractivity contribution < 1.29 is 17.9 Å². The largest absolute Gasteiger partial charge is 0.506 e. The third-order valence-electron chi connectivity index (χ3n) is 4.95. The standard InChI is InChI=1S/C18H14BrNO6S/c1-18(2)9-6-8(27(3,24)25)4-5-10(9)20-12(18)7-11-13(16(20)22)15(21)14(19)17(23)26-11/h4-7,21H,1-3H3. The Morgan fingerprint density at radius 2 is 1.85 bits per heavy atom. The van der Waals surface area contributed by atoms with Crippen LogP contribution >= 0.6 is 15.9 Å². The van der Waals surface area contributed by atoms with E-state index in [0.717, 1.165) is 6.26 Å². The van der Waals surface area contributed by atoms with Gasteiger partial charge >= 0.3 is 5.63 Å². The van der Waals surface area contributed by atoms with Gasteiger partial charge in [0, 0.05) is 23.4 Å². The third kappa shape index (κ3) is 2.34. The molecule has 0 unspecified atom stereocenters. The van der Waals surface area contributed by atoms with Crippen LogP contribution in [0.5, 0.6) is 5.75 Å². The van der Waals surface area contributed by atoms with Crippen molar-refractivity contribution in [2.75, 3.05) is 6.26 Å². The van der Waals surface area contributed by atoms with E-state index in [1.807, 2.05) is 13.8 Å². The molecule has 27 heavy (non-hydrogen) atoms. The topological polar surface area (TPSA) is 107 Å². The summed E-state index contributed by atoms with van der Waals surface area (Å²) in [7, 11) is -3.42. The van der Waals surface area contributed by atoms with Gasteiger partial charge in [-0.05, 0) is 39.7 Å². The zero-order chi connectivity index (χ0) is 19.9. The van der Waals surface area contributed by atoms with Crippen LogP contribution in [-0.4, -0.2) is 24.3 Å². The van der Waals surface area contributed by atoms with Crippen molar-refractivity contribution in [1.29, 1.82) is 0 Å². The molecule has 0 fully saturated rings. The van der Waals surface area contributed by atoms with Gasteiger partial charge in [-0.25, -0.2) is 13.2 Å². The summed E-state index contributed by atoms with van der Waals surface area (Å²) in [6.45, 7) is 3.69. The minimum Gasteiger partial charge on any atom is -0.506 e. The number of hydrogen-bond acceptors (Lipinski definition) is 6. The monoisotopic (exact) mass is 451 g/mol. The van der Waals surface area contributed by atoms with Crippen molar-refractivity contribution in [3.05, 3.63) is 60.8 Å². The maximum atomic E-state index is 13.1. The summed E-state index contributed by atoms with van der Waals surface area (Å²) in [5.74, 6) is -0.486. The SMILES string of the molecule is CC1(C)c2cc(S(C)(=O)=O)ccc2-n2c1cc1oc(=O)c(Br)c(O)c1c2=O. The van der Waals surface area contributed by atoms with E-state index in [2.05, 4.69) is 15.9 Å². The molecular formula is C18H14BrNO6S. The van der Waals surface area contributed by atoms with Crippen molar-refractivity contribution in [1.82, 2.24) is 4.57 Å². The van der Waals surface area contributed by atoms with Gasteiger partial charge in [0.15, 0.2) is 15.6 Å². The van der Waals surface area contributed by atoms with Gasteiger partial charge in [0.05, 0.1) is 10.6 Å². The Labute approximate surface area is 161 Å². The number of pyridine rings is 1. The zero-order valence-corrected chi connectivity index (χ0v) is 16.9. The molecule has 2 aromatic heterocycles. The van der Waals surface area contributed by atoms with E-state index in [9.17, 15) is 23.1 Å². The number of sulfone groups is 1. The highest BCUT2D eigenvalue weighted by Gasteiger charge is 2.38. The van der Waals surface area contributed by atoms with E-state index < -0.39 is 32.2 Å².